The highest BCUT2D eigenvalue weighted by molar-refractivity contribution is 7.89. The van der Waals surface area contributed by atoms with Crippen LogP contribution in [0.4, 0.5) is 0 Å². The summed E-state index contributed by atoms with van der Waals surface area (Å²) in [5, 5.41) is 0. The Kier molecular flexibility index (Phi) is 5.93. The average molecular weight is 370 g/mol. The number of aldehydes is 1. The van der Waals surface area contributed by atoms with E-state index in [0.29, 0.717) is 19.5 Å². The van der Waals surface area contributed by atoms with Crippen molar-refractivity contribution < 1.29 is 13.2 Å². The van der Waals surface area contributed by atoms with E-state index in [2.05, 4.69) is 38.4 Å². The van der Waals surface area contributed by atoms with Crippen molar-refractivity contribution in [2.24, 2.45) is 17.3 Å². The number of nitrogens with zero attached hydrogens (tertiary/aromatic N) is 1. The summed E-state index contributed by atoms with van der Waals surface area (Å²) in [6.07, 6.45) is 9.30. The topological polar surface area (TPSA) is 54.5 Å². The fraction of sp³-hybridized carbons (Fsp3) is 0.722. The second-order valence-electron chi connectivity index (χ2n) is 8.57. The highest BCUT2D eigenvalue weighted by Crippen LogP contribution is 2.46. The largest absolute Gasteiger partial charge is 0.303 e. The Bertz CT molecular complexity index is 608. The van der Waals surface area contributed by atoms with Crippen molar-refractivity contribution in [1.82, 2.24) is 4.31 Å². The molecule has 1 aliphatic heterocycles. The molecule has 3 atom stereocenters. The van der Waals surface area contributed by atoms with Gasteiger partial charge in [0.25, 0.3) is 0 Å². The SMILES string of the molecule is C=CC[C@]1(C=O)CN(S(=O)(=O)CC[Si](C)(C)C)C[C@H]2CC=CC[C@H]21. The summed E-state index contributed by atoms with van der Waals surface area (Å²) < 4.78 is 27.4. The van der Waals surface area contributed by atoms with Gasteiger partial charge in [-0.2, -0.15) is 0 Å². The molecular weight excluding hydrogens is 338 g/mol. The molecule has 0 radical (unpaired) electrons. The summed E-state index contributed by atoms with van der Waals surface area (Å²) >= 11 is 0. The van der Waals surface area contributed by atoms with E-state index in [0.717, 1.165) is 25.2 Å². The predicted octanol–water partition coefficient (Wildman–Crippen LogP) is 3.31. The quantitative estimate of drug-likeness (QED) is 0.393. The predicted molar refractivity (Wildman–Crippen MR) is 102 cm³/mol. The van der Waals surface area contributed by atoms with Crippen molar-refractivity contribution in [2.45, 2.75) is 44.9 Å². The van der Waals surface area contributed by atoms with Crippen LogP contribution in [0.2, 0.25) is 25.7 Å². The summed E-state index contributed by atoms with van der Waals surface area (Å²) in [7, 11) is -4.74. The molecule has 0 N–H and O–H groups in total. The van der Waals surface area contributed by atoms with Crippen molar-refractivity contribution >= 4 is 24.4 Å². The number of allylic oxidation sites excluding steroid dienone is 3. The zero-order valence-corrected chi connectivity index (χ0v) is 17.0. The lowest BCUT2D eigenvalue weighted by Crippen LogP contribution is -2.56. The molecule has 1 fully saturated rings. The summed E-state index contributed by atoms with van der Waals surface area (Å²) in [5.41, 5.74) is -0.623. The van der Waals surface area contributed by atoms with Gasteiger partial charge in [-0.1, -0.05) is 37.9 Å². The number of sulfonamides is 1. The van der Waals surface area contributed by atoms with Crippen LogP contribution >= 0.6 is 0 Å². The Labute approximate surface area is 148 Å². The van der Waals surface area contributed by atoms with Crippen LogP contribution in [0.1, 0.15) is 19.3 Å². The summed E-state index contributed by atoms with van der Waals surface area (Å²) in [6, 6.07) is 0.759. The van der Waals surface area contributed by atoms with Crippen LogP contribution in [0, 0.1) is 17.3 Å². The molecule has 0 unspecified atom stereocenters. The molecule has 2 aliphatic rings. The maximum atomic E-state index is 12.9. The molecule has 4 nitrogen and oxygen atoms in total. The van der Waals surface area contributed by atoms with Gasteiger partial charge in [-0.3, -0.25) is 0 Å². The van der Waals surface area contributed by atoms with E-state index >= 15 is 0 Å². The zero-order valence-electron chi connectivity index (χ0n) is 15.2. The molecule has 1 saturated heterocycles. The van der Waals surface area contributed by atoms with Crippen molar-refractivity contribution in [3.63, 3.8) is 0 Å². The standard InChI is InChI=1S/C18H31NO3SSi/c1-5-10-18(15-20)14-19(13-16-8-6-7-9-17(16)18)23(21,22)11-12-24(2,3)4/h5-7,15-17H,1,8-14H2,2-4H3/t16-,17-,18-/m1/s1. The number of fused-ring (bicyclic) bond motifs is 1. The number of carbonyl (C=O) groups excluding carboxylic acids is 1. The maximum Gasteiger partial charge on any atom is 0.213 e. The number of carbonyl (C=O) groups is 1. The molecule has 0 saturated carbocycles. The van der Waals surface area contributed by atoms with Crippen LogP contribution in [0.25, 0.3) is 0 Å². The van der Waals surface area contributed by atoms with Gasteiger partial charge in [0.1, 0.15) is 6.29 Å². The molecule has 0 aromatic rings. The maximum absolute atomic E-state index is 12.9. The highest BCUT2D eigenvalue weighted by Gasteiger charge is 2.49. The van der Waals surface area contributed by atoms with Gasteiger partial charge < -0.3 is 4.79 Å². The van der Waals surface area contributed by atoms with E-state index in [4.69, 9.17) is 0 Å². The Balaban J connectivity index is 2.27. The Morgan fingerprint density at radius 2 is 1.96 bits per heavy atom. The minimum Gasteiger partial charge on any atom is -0.303 e. The molecule has 6 heteroatoms. The highest BCUT2D eigenvalue weighted by atomic mass is 32.2. The fourth-order valence-electron chi connectivity index (χ4n) is 3.98. The summed E-state index contributed by atoms with van der Waals surface area (Å²) in [6.45, 7) is 11.2. The summed E-state index contributed by atoms with van der Waals surface area (Å²) in [5.74, 6) is 0.663. The number of hydrogen-bond donors (Lipinski definition) is 0. The van der Waals surface area contributed by atoms with Gasteiger partial charge in [-0.25, -0.2) is 12.7 Å². The average Bonchev–Trinajstić information content (AvgIpc) is 2.52. The van der Waals surface area contributed by atoms with Gasteiger partial charge in [0.15, 0.2) is 0 Å². The van der Waals surface area contributed by atoms with Gasteiger partial charge >= 0.3 is 0 Å². The lowest BCUT2D eigenvalue weighted by Gasteiger charge is -2.49. The monoisotopic (exact) mass is 369 g/mol. The number of rotatable bonds is 7. The van der Waals surface area contributed by atoms with Crippen molar-refractivity contribution in [3.8, 4) is 0 Å². The van der Waals surface area contributed by atoms with Gasteiger partial charge in [0.05, 0.1) is 5.75 Å². The lowest BCUT2D eigenvalue weighted by atomic mass is 9.62. The van der Waals surface area contributed by atoms with Gasteiger partial charge in [-0.15, -0.1) is 6.58 Å². The molecule has 0 aromatic heterocycles. The van der Waals surface area contributed by atoms with Crippen LogP contribution < -0.4 is 0 Å². The first kappa shape index (κ1) is 19.6. The van der Waals surface area contributed by atoms with Gasteiger partial charge in [-0.05, 0) is 37.1 Å². The molecule has 0 amide bonds. The smallest absolute Gasteiger partial charge is 0.213 e. The van der Waals surface area contributed by atoms with E-state index in [1.165, 1.54) is 0 Å². The van der Waals surface area contributed by atoms with Crippen molar-refractivity contribution in [1.29, 1.82) is 0 Å². The molecule has 2 rings (SSSR count). The van der Waals surface area contributed by atoms with Crippen molar-refractivity contribution in [2.75, 3.05) is 18.8 Å². The van der Waals surface area contributed by atoms with E-state index in [1.54, 1.807) is 10.4 Å². The minimum atomic E-state index is -3.32. The first-order valence-electron chi connectivity index (χ1n) is 8.84. The normalized spacial score (nSPS) is 31.5. The van der Waals surface area contributed by atoms with Gasteiger partial charge in [0.2, 0.25) is 10.0 Å². The second-order valence-corrected chi connectivity index (χ2v) is 16.3. The molecule has 0 aromatic carbocycles. The molecular formula is C18H31NO3SSi. The van der Waals surface area contributed by atoms with Crippen LogP contribution in [-0.2, 0) is 14.8 Å². The first-order chi connectivity index (χ1) is 11.1. The third kappa shape index (κ3) is 4.27. The van der Waals surface area contributed by atoms with Crippen LogP contribution in [-0.4, -0.2) is 45.9 Å². The minimum absolute atomic E-state index is 0.207. The number of piperidine rings is 1. The van der Waals surface area contributed by atoms with Crippen molar-refractivity contribution in [3.05, 3.63) is 24.8 Å². The van der Waals surface area contributed by atoms with E-state index in [9.17, 15) is 13.2 Å². The Morgan fingerprint density at radius 1 is 1.29 bits per heavy atom. The Hall–Kier alpha value is -0.723. The zero-order chi connectivity index (χ0) is 18.0. The molecule has 0 bridgehead atoms. The van der Waals surface area contributed by atoms with Gasteiger partial charge in [0, 0.05) is 26.6 Å². The second kappa shape index (κ2) is 7.26. The third-order valence-corrected chi connectivity index (χ3v) is 9.37. The van der Waals surface area contributed by atoms with Crippen LogP contribution in [0.3, 0.4) is 0 Å². The molecule has 0 spiro atoms. The molecule has 136 valence electrons. The Morgan fingerprint density at radius 3 is 2.54 bits per heavy atom. The first-order valence-corrected chi connectivity index (χ1v) is 14.2. The van der Waals surface area contributed by atoms with E-state index in [1.807, 2.05) is 0 Å². The molecule has 24 heavy (non-hydrogen) atoms. The van der Waals surface area contributed by atoms with Crippen LogP contribution in [0.15, 0.2) is 24.8 Å². The van der Waals surface area contributed by atoms with E-state index in [-0.39, 0.29) is 17.6 Å². The summed E-state index contributed by atoms with van der Waals surface area (Å²) in [4.78, 5) is 12.0. The molecule has 1 aliphatic carbocycles. The third-order valence-electron chi connectivity index (χ3n) is 5.47. The lowest BCUT2D eigenvalue weighted by molar-refractivity contribution is -0.124. The molecule has 1 heterocycles. The van der Waals surface area contributed by atoms with Crippen LogP contribution in [0.5, 0.6) is 0 Å². The fourth-order valence-corrected chi connectivity index (χ4v) is 8.58. The number of hydrogen-bond acceptors (Lipinski definition) is 3. The van der Waals surface area contributed by atoms with E-state index < -0.39 is 23.5 Å².